The minimum atomic E-state index is -3.76. The molecule has 0 atom stereocenters. The monoisotopic (exact) mass is 333 g/mol. The maximum Gasteiger partial charge on any atom is 0.311 e. The van der Waals surface area contributed by atoms with Gasteiger partial charge in [-0.2, -0.15) is 0 Å². The van der Waals surface area contributed by atoms with Crippen molar-refractivity contribution in [2.75, 3.05) is 19.8 Å². The molecule has 1 heterocycles. The number of ether oxygens (including phenoxy) is 1. The summed E-state index contributed by atoms with van der Waals surface area (Å²) in [7, 11) is -3.76. The van der Waals surface area contributed by atoms with Crippen molar-refractivity contribution in [3.63, 3.8) is 0 Å². The Morgan fingerprint density at radius 2 is 1.86 bits per heavy atom. The lowest BCUT2D eigenvalue weighted by molar-refractivity contribution is -0.154. The van der Waals surface area contributed by atoms with Crippen LogP contribution in [0.2, 0.25) is 5.02 Å². The van der Waals surface area contributed by atoms with Crippen molar-refractivity contribution in [1.82, 2.24) is 4.72 Å². The number of rotatable bonds is 5. The van der Waals surface area contributed by atoms with Gasteiger partial charge in [0.1, 0.15) is 0 Å². The van der Waals surface area contributed by atoms with Gasteiger partial charge in [0.25, 0.3) is 0 Å². The number of sulfonamides is 1. The van der Waals surface area contributed by atoms with Crippen LogP contribution < -0.4 is 4.72 Å². The average Bonchev–Trinajstić information content (AvgIpc) is 2.46. The number of carboxylic acids is 1. The van der Waals surface area contributed by atoms with Crippen LogP contribution in [0.15, 0.2) is 29.2 Å². The Morgan fingerprint density at radius 3 is 2.38 bits per heavy atom. The second-order valence-corrected chi connectivity index (χ2v) is 7.18. The van der Waals surface area contributed by atoms with Crippen LogP contribution in [-0.4, -0.2) is 39.3 Å². The Balaban J connectivity index is 2.13. The first-order valence-corrected chi connectivity index (χ1v) is 8.28. The van der Waals surface area contributed by atoms with Gasteiger partial charge >= 0.3 is 5.97 Å². The molecule has 0 spiro atoms. The lowest BCUT2D eigenvalue weighted by Crippen LogP contribution is -2.46. The van der Waals surface area contributed by atoms with Crippen LogP contribution >= 0.6 is 11.6 Å². The average molecular weight is 334 g/mol. The van der Waals surface area contributed by atoms with E-state index >= 15 is 0 Å². The Labute approximate surface area is 128 Å². The number of nitrogens with one attached hydrogen (secondary N) is 1. The summed E-state index contributed by atoms with van der Waals surface area (Å²) in [6.45, 7) is 0.473. The molecule has 1 saturated heterocycles. The third-order valence-corrected chi connectivity index (χ3v) is 5.30. The maximum atomic E-state index is 12.2. The summed E-state index contributed by atoms with van der Waals surface area (Å²) in [6.07, 6.45) is 0.566. The summed E-state index contributed by atoms with van der Waals surface area (Å²) in [6, 6.07) is 5.69. The Morgan fingerprint density at radius 1 is 1.29 bits per heavy atom. The van der Waals surface area contributed by atoms with Crippen molar-refractivity contribution in [3.05, 3.63) is 29.3 Å². The van der Waals surface area contributed by atoms with Crippen molar-refractivity contribution >= 4 is 27.6 Å². The van der Waals surface area contributed by atoms with Crippen LogP contribution in [0.1, 0.15) is 12.8 Å². The molecule has 21 heavy (non-hydrogen) atoms. The number of carbonyl (C=O) groups is 1. The molecule has 1 fully saturated rings. The molecular formula is C13H16ClNO5S. The second kappa shape index (κ2) is 6.31. The van der Waals surface area contributed by atoms with Gasteiger partial charge in [0, 0.05) is 24.8 Å². The minimum Gasteiger partial charge on any atom is -0.481 e. The highest BCUT2D eigenvalue weighted by Crippen LogP contribution is 2.30. The molecule has 1 aliphatic heterocycles. The number of carboxylic acid groups (broad SMARTS) is 1. The fourth-order valence-corrected chi connectivity index (χ4v) is 3.41. The minimum absolute atomic E-state index is 0.0551. The molecule has 0 bridgehead atoms. The van der Waals surface area contributed by atoms with Gasteiger partial charge in [0.05, 0.1) is 10.3 Å². The number of benzene rings is 1. The molecule has 116 valence electrons. The highest BCUT2D eigenvalue weighted by Gasteiger charge is 2.41. The fraction of sp³-hybridized carbons (Fsp3) is 0.462. The molecule has 2 N–H and O–H groups in total. The fourth-order valence-electron chi connectivity index (χ4n) is 2.16. The van der Waals surface area contributed by atoms with Crippen molar-refractivity contribution in [2.45, 2.75) is 17.7 Å². The van der Waals surface area contributed by atoms with Crippen molar-refractivity contribution < 1.29 is 23.1 Å². The lowest BCUT2D eigenvalue weighted by Gasteiger charge is -2.33. The molecule has 8 heteroatoms. The first-order chi connectivity index (χ1) is 9.86. The molecular weight excluding hydrogens is 318 g/mol. The number of hydrogen-bond acceptors (Lipinski definition) is 4. The van der Waals surface area contributed by atoms with Crippen LogP contribution in [0.4, 0.5) is 0 Å². The smallest absolute Gasteiger partial charge is 0.311 e. The predicted octanol–water partition coefficient (Wildman–Crippen LogP) is 1.50. The van der Waals surface area contributed by atoms with E-state index in [4.69, 9.17) is 16.3 Å². The molecule has 2 rings (SSSR count). The van der Waals surface area contributed by atoms with Crippen LogP contribution in [0, 0.1) is 5.41 Å². The van der Waals surface area contributed by atoms with Gasteiger partial charge in [-0.05, 0) is 37.1 Å². The van der Waals surface area contributed by atoms with Crippen LogP contribution in [0.5, 0.6) is 0 Å². The van der Waals surface area contributed by atoms with E-state index in [2.05, 4.69) is 4.72 Å². The summed E-state index contributed by atoms with van der Waals surface area (Å²) in [5, 5.41) is 9.82. The van der Waals surface area contributed by atoms with Crippen molar-refractivity contribution in [2.24, 2.45) is 5.41 Å². The third kappa shape index (κ3) is 3.74. The first kappa shape index (κ1) is 16.2. The van der Waals surface area contributed by atoms with Gasteiger partial charge in [0.15, 0.2) is 0 Å². The quantitative estimate of drug-likeness (QED) is 0.851. The van der Waals surface area contributed by atoms with Crippen LogP contribution in [0.25, 0.3) is 0 Å². The van der Waals surface area contributed by atoms with Gasteiger partial charge in [-0.15, -0.1) is 0 Å². The Kier molecular flexibility index (Phi) is 4.88. The van der Waals surface area contributed by atoms with Gasteiger partial charge in [-0.3, -0.25) is 4.79 Å². The Hall–Kier alpha value is -1.15. The van der Waals surface area contributed by atoms with E-state index < -0.39 is 21.4 Å². The van der Waals surface area contributed by atoms with Crippen LogP contribution in [0.3, 0.4) is 0 Å². The molecule has 0 radical (unpaired) electrons. The van der Waals surface area contributed by atoms with Gasteiger partial charge in [0.2, 0.25) is 10.0 Å². The van der Waals surface area contributed by atoms with E-state index in [0.717, 1.165) is 0 Å². The zero-order valence-corrected chi connectivity index (χ0v) is 12.8. The van der Waals surface area contributed by atoms with Crippen molar-refractivity contribution in [3.8, 4) is 0 Å². The molecule has 0 saturated carbocycles. The highest BCUT2D eigenvalue weighted by atomic mass is 35.5. The number of hydrogen-bond donors (Lipinski definition) is 2. The molecule has 0 unspecified atom stereocenters. The third-order valence-electron chi connectivity index (χ3n) is 3.63. The largest absolute Gasteiger partial charge is 0.481 e. The first-order valence-electron chi connectivity index (χ1n) is 6.42. The predicted molar refractivity (Wildman–Crippen MR) is 76.8 cm³/mol. The maximum absolute atomic E-state index is 12.2. The van der Waals surface area contributed by atoms with Crippen molar-refractivity contribution in [1.29, 1.82) is 0 Å². The standard InChI is InChI=1S/C13H16ClNO5S/c14-10-1-3-11(4-2-10)21(18,19)15-9-13(12(16)17)5-7-20-8-6-13/h1-4,15H,5-9H2,(H,16,17). The van der Waals surface area contributed by atoms with E-state index in [1.807, 2.05) is 0 Å². The van der Waals surface area contributed by atoms with E-state index in [1.54, 1.807) is 0 Å². The van der Waals surface area contributed by atoms with E-state index in [1.165, 1.54) is 24.3 Å². The van der Waals surface area contributed by atoms with E-state index in [0.29, 0.717) is 18.2 Å². The Bertz CT molecular complexity index is 608. The molecule has 0 aliphatic carbocycles. The SMILES string of the molecule is O=C(O)C1(CNS(=O)(=O)c2ccc(Cl)cc2)CCOCC1. The topological polar surface area (TPSA) is 92.7 Å². The van der Waals surface area contributed by atoms with E-state index in [9.17, 15) is 18.3 Å². The summed E-state index contributed by atoms with van der Waals surface area (Å²) in [4.78, 5) is 11.5. The molecule has 6 nitrogen and oxygen atoms in total. The highest BCUT2D eigenvalue weighted by molar-refractivity contribution is 7.89. The normalized spacial score (nSPS) is 18.3. The van der Waals surface area contributed by atoms with Crippen LogP contribution in [-0.2, 0) is 19.6 Å². The lowest BCUT2D eigenvalue weighted by atomic mass is 9.80. The van der Waals surface area contributed by atoms with E-state index in [-0.39, 0.29) is 24.3 Å². The zero-order valence-electron chi connectivity index (χ0n) is 11.2. The molecule has 0 amide bonds. The van der Waals surface area contributed by atoms with Gasteiger partial charge in [-0.1, -0.05) is 11.6 Å². The number of aliphatic carboxylic acids is 1. The number of halogens is 1. The molecule has 0 aromatic heterocycles. The van der Waals surface area contributed by atoms with Gasteiger partial charge < -0.3 is 9.84 Å². The molecule has 1 aliphatic rings. The zero-order chi connectivity index (χ0) is 15.5. The summed E-state index contributed by atoms with van der Waals surface area (Å²) < 4.78 is 31.9. The van der Waals surface area contributed by atoms with Gasteiger partial charge in [-0.25, -0.2) is 13.1 Å². The summed E-state index contributed by atoms with van der Waals surface area (Å²) in [5.74, 6) is -1.01. The summed E-state index contributed by atoms with van der Waals surface area (Å²) in [5.41, 5.74) is -1.11. The summed E-state index contributed by atoms with van der Waals surface area (Å²) >= 11 is 5.72. The molecule has 1 aromatic carbocycles. The second-order valence-electron chi connectivity index (χ2n) is 4.98. The molecule has 1 aromatic rings.